The zero-order valence-corrected chi connectivity index (χ0v) is 22.0. The number of non-ortho nitro benzene ring substituents is 1. The number of benzene rings is 3. The van der Waals surface area contributed by atoms with Gasteiger partial charge in [0.25, 0.3) is 16.5 Å². The van der Waals surface area contributed by atoms with Crippen molar-refractivity contribution < 1.29 is 19.6 Å². The van der Waals surface area contributed by atoms with Gasteiger partial charge in [-0.25, -0.2) is 4.68 Å². The van der Waals surface area contributed by atoms with Crippen molar-refractivity contribution in [2.75, 3.05) is 5.75 Å². The van der Waals surface area contributed by atoms with Crippen molar-refractivity contribution >= 4 is 39.5 Å². The number of nitro benzene ring substituents is 1. The molecule has 1 fully saturated rings. The van der Waals surface area contributed by atoms with Crippen LogP contribution in [0, 0.1) is 16.0 Å². The van der Waals surface area contributed by atoms with Gasteiger partial charge < -0.3 is 5.11 Å². The molecule has 1 saturated heterocycles. The van der Waals surface area contributed by atoms with Gasteiger partial charge in [0.15, 0.2) is 0 Å². The summed E-state index contributed by atoms with van der Waals surface area (Å²) >= 11 is 1.04. The maximum absolute atomic E-state index is 14.0. The summed E-state index contributed by atoms with van der Waals surface area (Å²) in [7, 11) is 0. The number of hydrogen-bond donors (Lipinski definition) is 1. The first-order valence-electron chi connectivity index (χ1n) is 12.6. The maximum Gasteiger partial charge on any atom is 0.288 e. The molecule has 0 aliphatic carbocycles. The third-order valence-electron chi connectivity index (χ3n) is 6.94. The number of nitro groups is 1. The lowest BCUT2D eigenvalue weighted by atomic mass is 9.90. The molecule has 12 heteroatoms. The molecule has 0 unspecified atom stereocenters. The van der Waals surface area contributed by atoms with Gasteiger partial charge in [-0.05, 0) is 48.2 Å². The van der Waals surface area contributed by atoms with Crippen LogP contribution in [0.2, 0.25) is 0 Å². The standard InChI is InChI=1S/C28H25N5O6S/c34-25(19-10-12-20(13-11-19)33(38)39)23(14-15-31-26(35)22-8-4-5-9-24(22)29-30-31)27(36)32-21(17-40-28(32)37)16-18-6-2-1-3-7-18/h1-13,21,23,25,34H,14-17H2/t21-,23-,25+/m0/s1. The molecule has 0 spiro atoms. The van der Waals surface area contributed by atoms with Crippen molar-refractivity contribution in [3.63, 3.8) is 0 Å². The highest BCUT2D eigenvalue weighted by molar-refractivity contribution is 8.14. The van der Waals surface area contributed by atoms with Crippen molar-refractivity contribution in [1.82, 2.24) is 19.9 Å². The van der Waals surface area contributed by atoms with Crippen LogP contribution in [-0.2, 0) is 17.8 Å². The highest BCUT2D eigenvalue weighted by Gasteiger charge is 2.42. The zero-order chi connectivity index (χ0) is 28.2. The Labute approximate surface area is 232 Å². The first kappa shape index (κ1) is 27.2. The van der Waals surface area contributed by atoms with E-state index < -0.39 is 39.7 Å². The molecule has 1 aliphatic heterocycles. The summed E-state index contributed by atoms with van der Waals surface area (Å²) in [6.07, 6.45) is -0.967. The van der Waals surface area contributed by atoms with Crippen molar-refractivity contribution in [2.45, 2.75) is 31.5 Å². The lowest BCUT2D eigenvalue weighted by Gasteiger charge is -2.29. The number of carbonyl (C=O) groups excluding carboxylic acids is 2. The second-order valence-corrected chi connectivity index (χ2v) is 10.4. The van der Waals surface area contributed by atoms with Gasteiger partial charge in [-0.3, -0.25) is 29.4 Å². The van der Waals surface area contributed by atoms with E-state index in [4.69, 9.17) is 0 Å². The first-order valence-corrected chi connectivity index (χ1v) is 13.6. The molecular weight excluding hydrogens is 534 g/mol. The molecule has 40 heavy (non-hydrogen) atoms. The number of aliphatic hydroxyl groups excluding tert-OH is 1. The normalized spacial score (nSPS) is 16.7. The van der Waals surface area contributed by atoms with E-state index in [0.29, 0.717) is 23.1 Å². The molecule has 0 bridgehead atoms. The quantitative estimate of drug-likeness (QED) is 0.239. The van der Waals surface area contributed by atoms with Crippen LogP contribution in [0.5, 0.6) is 0 Å². The van der Waals surface area contributed by atoms with Gasteiger partial charge in [0, 0.05) is 24.4 Å². The fourth-order valence-corrected chi connectivity index (χ4v) is 5.80. The van der Waals surface area contributed by atoms with Crippen LogP contribution >= 0.6 is 11.8 Å². The maximum atomic E-state index is 14.0. The molecule has 204 valence electrons. The van der Waals surface area contributed by atoms with Gasteiger partial charge in [0.05, 0.1) is 28.4 Å². The Kier molecular flexibility index (Phi) is 7.99. The van der Waals surface area contributed by atoms with E-state index in [9.17, 15) is 29.6 Å². The summed E-state index contributed by atoms with van der Waals surface area (Å²) in [5.41, 5.74) is 1.12. The van der Waals surface area contributed by atoms with E-state index in [0.717, 1.165) is 22.0 Å². The van der Waals surface area contributed by atoms with E-state index in [-0.39, 0.29) is 24.2 Å². The Morgan fingerprint density at radius 2 is 1.75 bits per heavy atom. The zero-order valence-electron chi connectivity index (χ0n) is 21.2. The first-order chi connectivity index (χ1) is 19.3. The molecule has 11 nitrogen and oxygen atoms in total. The SMILES string of the molecule is O=C1SC[C@H](Cc2ccccc2)N1C(=O)[C@@H](CCn1nnc2ccccc2c1=O)[C@H](O)c1ccc([N+](=O)[O-])cc1. The number of hydrogen-bond acceptors (Lipinski definition) is 9. The average Bonchev–Trinajstić information content (AvgIpc) is 3.34. The fourth-order valence-electron chi connectivity index (χ4n) is 4.82. The molecule has 1 N–H and O–H groups in total. The lowest BCUT2D eigenvalue weighted by molar-refractivity contribution is -0.384. The molecule has 2 heterocycles. The average molecular weight is 560 g/mol. The second kappa shape index (κ2) is 11.8. The third-order valence-corrected chi connectivity index (χ3v) is 7.93. The lowest BCUT2D eigenvalue weighted by Crippen LogP contribution is -2.45. The molecule has 5 rings (SSSR count). The summed E-state index contributed by atoms with van der Waals surface area (Å²) in [5.74, 6) is -1.30. The molecule has 4 aromatic rings. The predicted octanol–water partition coefficient (Wildman–Crippen LogP) is 3.75. The number of rotatable bonds is 9. The van der Waals surface area contributed by atoms with Crippen LogP contribution in [0.25, 0.3) is 10.9 Å². The number of thioether (sulfide) groups is 1. The van der Waals surface area contributed by atoms with Gasteiger partial charge in [-0.2, -0.15) is 0 Å². The van der Waals surface area contributed by atoms with E-state index in [2.05, 4.69) is 10.3 Å². The highest BCUT2D eigenvalue weighted by atomic mass is 32.2. The van der Waals surface area contributed by atoms with Gasteiger partial charge in [-0.1, -0.05) is 59.4 Å². The number of aliphatic hydroxyl groups is 1. The molecule has 0 radical (unpaired) electrons. The number of aryl methyl sites for hydroxylation is 1. The monoisotopic (exact) mass is 559 g/mol. The summed E-state index contributed by atoms with van der Waals surface area (Å²) in [4.78, 5) is 51.6. The van der Waals surface area contributed by atoms with Crippen molar-refractivity contribution in [2.24, 2.45) is 5.92 Å². The topological polar surface area (TPSA) is 149 Å². The molecule has 3 aromatic carbocycles. The molecule has 1 aliphatic rings. The number of carbonyl (C=O) groups is 2. The van der Waals surface area contributed by atoms with E-state index in [1.54, 1.807) is 24.3 Å². The Morgan fingerprint density at radius 1 is 1.05 bits per heavy atom. The minimum absolute atomic E-state index is 0.0313. The van der Waals surface area contributed by atoms with Crippen LogP contribution in [0.4, 0.5) is 10.5 Å². The fraction of sp³-hybridized carbons (Fsp3) is 0.250. The van der Waals surface area contributed by atoms with Crippen molar-refractivity contribution in [3.8, 4) is 0 Å². The van der Waals surface area contributed by atoms with Crippen LogP contribution in [-0.4, -0.2) is 52.9 Å². The Bertz CT molecular complexity index is 1610. The minimum atomic E-state index is -1.40. The third kappa shape index (κ3) is 5.63. The minimum Gasteiger partial charge on any atom is -0.388 e. The van der Waals surface area contributed by atoms with Gasteiger partial charge in [0.1, 0.15) is 5.52 Å². The van der Waals surface area contributed by atoms with Crippen LogP contribution in [0.3, 0.4) is 0 Å². The van der Waals surface area contributed by atoms with E-state index in [1.807, 2.05) is 30.3 Å². The number of aromatic nitrogens is 3. The van der Waals surface area contributed by atoms with E-state index >= 15 is 0 Å². The number of amides is 2. The summed E-state index contributed by atoms with van der Waals surface area (Å²) in [6, 6.07) is 21.1. The summed E-state index contributed by atoms with van der Waals surface area (Å²) < 4.78 is 1.13. The van der Waals surface area contributed by atoms with Gasteiger partial charge in [-0.15, -0.1) is 5.10 Å². The molecule has 2 amide bonds. The highest BCUT2D eigenvalue weighted by Crippen LogP contribution is 2.34. The number of imide groups is 1. The molecule has 1 aromatic heterocycles. The number of fused-ring (bicyclic) bond motifs is 1. The summed E-state index contributed by atoms with van der Waals surface area (Å²) in [5, 5.41) is 30.5. The van der Waals surface area contributed by atoms with Crippen LogP contribution in [0.1, 0.15) is 23.7 Å². The van der Waals surface area contributed by atoms with Gasteiger partial charge >= 0.3 is 0 Å². The Balaban J connectivity index is 1.45. The van der Waals surface area contributed by atoms with E-state index in [1.165, 1.54) is 29.2 Å². The Morgan fingerprint density at radius 3 is 2.48 bits per heavy atom. The summed E-state index contributed by atoms with van der Waals surface area (Å²) in [6.45, 7) is -0.0460. The molecular formula is C28H25N5O6S. The largest absolute Gasteiger partial charge is 0.388 e. The Hall–Kier alpha value is -4.42. The van der Waals surface area contributed by atoms with Crippen LogP contribution < -0.4 is 5.56 Å². The smallest absolute Gasteiger partial charge is 0.288 e. The second-order valence-electron chi connectivity index (χ2n) is 9.45. The van der Waals surface area contributed by atoms with Gasteiger partial charge in [0.2, 0.25) is 5.91 Å². The number of nitrogens with zero attached hydrogens (tertiary/aromatic N) is 5. The predicted molar refractivity (Wildman–Crippen MR) is 149 cm³/mol. The molecule has 0 saturated carbocycles. The van der Waals surface area contributed by atoms with Crippen molar-refractivity contribution in [3.05, 3.63) is 110 Å². The van der Waals surface area contributed by atoms with Crippen molar-refractivity contribution in [1.29, 1.82) is 0 Å². The molecule has 3 atom stereocenters. The van der Waals surface area contributed by atoms with Crippen LogP contribution in [0.15, 0.2) is 83.7 Å².